The summed E-state index contributed by atoms with van der Waals surface area (Å²) in [5.41, 5.74) is 5.90. The largest absolute Gasteiger partial charge is 0.491 e. The summed E-state index contributed by atoms with van der Waals surface area (Å²) in [6.07, 6.45) is 4.26. The van der Waals surface area contributed by atoms with E-state index in [0.29, 0.717) is 37.4 Å². The van der Waals surface area contributed by atoms with Gasteiger partial charge in [-0.15, -0.1) is 0 Å². The highest BCUT2D eigenvalue weighted by Gasteiger charge is 2.22. The molecule has 0 spiro atoms. The molecule has 1 aromatic heterocycles. The molecule has 2 N–H and O–H groups in total. The molecule has 0 aliphatic carbocycles. The summed E-state index contributed by atoms with van der Waals surface area (Å²) in [6, 6.07) is 3.99. The molecule has 0 saturated carbocycles. The van der Waals surface area contributed by atoms with E-state index >= 15 is 0 Å². The van der Waals surface area contributed by atoms with Gasteiger partial charge in [-0.25, -0.2) is 9.78 Å². The smallest absolute Gasteiger partial charge is 0.415 e. The first-order chi connectivity index (χ1) is 11.2. The number of carbonyl (C=O) groups excluding carboxylic acids is 1. The Morgan fingerprint density at radius 1 is 1.30 bits per heavy atom. The number of pyridine rings is 1. The molecule has 2 fully saturated rings. The minimum absolute atomic E-state index is 0.333. The number of carbonyl (C=O) groups is 1. The number of amides is 1. The fourth-order valence-corrected chi connectivity index (χ4v) is 2.85. The fraction of sp³-hybridized carbons (Fsp3) is 0.625. The van der Waals surface area contributed by atoms with Gasteiger partial charge >= 0.3 is 6.09 Å². The molecule has 7 nitrogen and oxygen atoms in total. The lowest BCUT2D eigenvalue weighted by Gasteiger charge is -2.29. The van der Waals surface area contributed by atoms with Crippen LogP contribution in [0.15, 0.2) is 18.3 Å². The molecule has 3 heterocycles. The highest BCUT2D eigenvalue weighted by Crippen LogP contribution is 2.19. The van der Waals surface area contributed by atoms with E-state index in [2.05, 4.69) is 9.88 Å². The lowest BCUT2D eigenvalue weighted by atomic mass is 10.1. The number of anilines is 1. The van der Waals surface area contributed by atoms with Crippen molar-refractivity contribution in [3.05, 3.63) is 18.3 Å². The first-order valence-corrected chi connectivity index (χ1v) is 8.23. The van der Waals surface area contributed by atoms with Crippen LogP contribution in [-0.4, -0.2) is 61.4 Å². The van der Waals surface area contributed by atoms with Gasteiger partial charge in [0.15, 0.2) is 0 Å². The number of hydrogen-bond donors (Lipinski definition) is 1. The van der Waals surface area contributed by atoms with E-state index in [9.17, 15) is 4.79 Å². The van der Waals surface area contributed by atoms with Crippen molar-refractivity contribution >= 4 is 11.9 Å². The molecule has 0 atom stereocenters. The summed E-state index contributed by atoms with van der Waals surface area (Å²) in [5.74, 6) is 1.32. The molecule has 23 heavy (non-hydrogen) atoms. The number of aromatic nitrogens is 1. The van der Waals surface area contributed by atoms with Crippen molar-refractivity contribution in [3.63, 3.8) is 0 Å². The number of rotatable bonds is 5. The molecule has 1 aromatic rings. The molecule has 3 rings (SSSR count). The second-order valence-electron chi connectivity index (χ2n) is 6.00. The second-order valence-corrected chi connectivity index (χ2v) is 6.00. The van der Waals surface area contributed by atoms with Crippen LogP contribution in [0.5, 0.6) is 5.75 Å². The zero-order valence-electron chi connectivity index (χ0n) is 13.3. The zero-order chi connectivity index (χ0) is 16.1. The normalized spacial score (nSPS) is 20.4. The lowest BCUT2D eigenvalue weighted by Crippen LogP contribution is -2.41. The average molecular weight is 320 g/mol. The number of hydrogen-bond acceptors (Lipinski definition) is 6. The fourth-order valence-electron chi connectivity index (χ4n) is 2.85. The number of ether oxygens (including phenoxy) is 2. The van der Waals surface area contributed by atoms with Crippen molar-refractivity contribution in [2.45, 2.75) is 25.3 Å². The Morgan fingerprint density at radius 3 is 2.83 bits per heavy atom. The number of nitrogens with two attached hydrogens (primary N) is 1. The maximum Gasteiger partial charge on any atom is 0.415 e. The SMILES string of the molecule is NC1CCN(CCOc2ccc(N3CCCOC3=O)nc2)CC1. The third-order valence-corrected chi connectivity index (χ3v) is 4.28. The van der Waals surface area contributed by atoms with Crippen molar-refractivity contribution in [2.24, 2.45) is 5.73 Å². The zero-order valence-corrected chi connectivity index (χ0v) is 13.3. The molecular weight excluding hydrogens is 296 g/mol. The summed E-state index contributed by atoms with van der Waals surface area (Å²) >= 11 is 0. The summed E-state index contributed by atoms with van der Waals surface area (Å²) in [5, 5.41) is 0. The van der Waals surface area contributed by atoms with E-state index < -0.39 is 0 Å². The minimum atomic E-state index is -0.333. The van der Waals surface area contributed by atoms with Gasteiger partial charge in [-0.3, -0.25) is 9.80 Å². The van der Waals surface area contributed by atoms with Crippen LogP contribution in [0.3, 0.4) is 0 Å². The van der Waals surface area contributed by atoms with Gasteiger partial charge < -0.3 is 15.2 Å². The van der Waals surface area contributed by atoms with Gasteiger partial charge in [0.25, 0.3) is 0 Å². The maximum absolute atomic E-state index is 11.7. The van der Waals surface area contributed by atoms with Crippen LogP contribution < -0.4 is 15.4 Å². The monoisotopic (exact) mass is 320 g/mol. The number of likely N-dealkylation sites (tertiary alicyclic amines) is 1. The summed E-state index contributed by atoms with van der Waals surface area (Å²) < 4.78 is 10.8. The Kier molecular flexibility index (Phi) is 5.30. The Bertz CT molecular complexity index is 515. The Balaban J connectivity index is 1.45. The van der Waals surface area contributed by atoms with Gasteiger partial charge in [0.2, 0.25) is 0 Å². The Hall–Kier alpha value is -1.86. The van der Waals surface area contributed by atoms with Crippen LogP contribution >= 0.6 is 0 Å². The van der Waals surface area contributed by atoms with Gasteiger partial charge in [0.1, 0.15) is 18.2 Å². The summed E-state index contributed by atoms with van der Waals surface area (Å²) in [4.78, 5) is 19.9. The minimum Gasteiger partial charge on any atom is -0.491 e. The Morgan fingerprint density at radius 2 is 2.13 bits per heavy atom. The molecule has 0 unspecified atom stereocenters. The predicted octanol–water partition coefficient (Wildman–Crippen LogP) is 1.23. The van der Waals surface area contributed by atoms with E-state index in [1.54, 1.807) is 17.2 Å². The molecular formula is C16H24N4O3. The average Bonchev–Trinajstić information content (AvgIpc) is 2.58. The number of cyclic esters (lactones) is 1. The van der Waals surface area contributed by atoms with E-state index in [-0.39, 0.29) is 6.09 Å². The highest BCUT2D eigenvalue weighted by atomic mass is 16.6. The standard InChI is InChI=1S/C16H24N4O3/c17-13-4-7-19(8-5-13)9-11-22-14-2-3-15(18-12-14)20-6-1-10-23-16(20)21/h2-3,12-13H,1,4-11,17H2. The third-order valence-electron chi connectivity index (χ3n) is 4.28. The van der Waals surface area contributed by atoms with Crippen LogP contribution in [0.25, 0.3) is 0 Å². The van der Waals surface area contributed by atoms with Crippen LogP contribution in [0.1, 0.15) is 19.3 Å². The summed E-state index contributed by atoms with van der Waals surface area (Å²) in [6.45, 7) is 4.73. The molecule has 2 aliphatic heterocycles. The second kappa shape index (κ2) is 7.61. The van der Waals surface area contributed by atoms with Crippen molar-refractivity contribution in [2.75, 3.05) is 44.3 Å². The van der Waals surface area contributed by atoms with Gasteiger partial charge in [0, 0.05) is 19.1 Å². The Labute approximate surface area is 136 Å². The van der Waals surface area contributed by atoms with Crippen LogP contribution in [0, 0.1) is 0 Å². The van der Waals surface area contributed by atoms with Gasteiger partial charge in [-0.05, 0) is 44.5 Å². The highest BCUT2D eigenvalue weighted by molar-refractivity contribution is 5.86. The molecule has 7 heteroatoms. The van der Waals surface area contributed by atoms with Gasteiger partial charge in [-0.2, -0.15) is 0 Å². The first-order valence-electron chi connectivity index (χ1n) is 8.23. The first kappa shape index (κ1) is 16.0. The van der Waals surface area contributed by atoms with Crippen LogP contribution in [0.2, 0.25) is 0 Å². The van der Waals surface area contributed by atoms with Gasteiger partial charge in [-0.1, -0.05) is 0 Å². The van der Waals surface area contributed by atoms with E-state index in [4.69, 9.17) is 15.2 Å². The third kappa shape index (κ3) is 4.33. The quantitative estimate of drug-likeness (QED) is 0.879. The van der Waals surface area contributed by atoms with Crippen molar-refractivity contribution in [1.82, 2.24) is 9.88 Å². The van der Waals surface area contributed by atoms with Crippen molar-refractivity contribution < 1.29 is 14.3 Å². The van der Waals surface area contributed by atoms with Crippen LogP contribution in [-0.2, 0) is 4.74 Å². The molecule has 1 amide bonds. The number of nitrogens with zero attached hydrogens (tertiary/aromatic N) is 3. The summed E-state index contributed by atoms with van der Waals surface area (Å²) in [7, 11) is 0. The van der Waals surface area contributed by atoms with Crippen LogP contribution in [0.4, 0.5) is 10.6 Å². The molecule has 0 aromatic carbocycles. The maximum atomic E-state index is 11.7. The molecule has 0 bridgehead atoms. The van der Waals surface area contributed by atoms with E-state index in [1.165, 1.54) is 0 Å². The lowest BCUT2D eigenvalue weighted by molar-refractivity contribution is 0.140. The van der Waals surface area contributed by atoms with Gasteiger partial charge in [0.05, 0.1) is 12.8 Å². The molecule has 2 saturated heterocycles. The predicted molar refractivity (Wildman–Crippen MR) is 86.7 cm³/mol. The number of piperidine rings is 1. The van der Waals surface area contributed by atoms with Crippen molar-refractivity contribution in [3.8, 4) is 5.75 Å². The van der Waals surface area contributed by atoms with Crippen molar-refractivity contribution in [1.29, 1.82) is 0 Å². The molecule has 2 aliphatic rings. The van der Waals surface area contributed by atoms with E-state index in [0.717, 1.165) is 38.9 Å². The molecule has 126 valence electrons. The molecule has 0 radical (unpaired) electrons. The van der Waals surface area contributed by atoms with E-state index in [1.807, 2.05) is 6.07 Å². The topological polar surface area (TPSA) is 80.9 Å².